The van der Waals surface area contributed by atoms with E-state index in [0.717, 1.165) is 16.8 Å². The summed E-state index contributed by atoms with van der Waals surface area (Å²) in [7, 11) is 3.86. The van der Waals surface area contributed by atoms with Crippen LogP contribution in [-0.4, -0.2) is 37.5 Å². The van der Waals surface area contributed by atoms with Gasteiger partial charge >= 0.3 is 0 Å². The van der Waals surface area contributed by atoms with Gasteiger partial charge in [0.1, 0.15) is 11.5 Å². The number of aliphatic hydroxyl groups excluding tert-OH is 1. The van der Waals surface area contributed by atoms with Gasteiger partial charge in [-0.1, -0.05) is 56.6 Å². The number of amides is 1. The van der Waals surface area contributed by atoms with Crippen LogP contribution in [0.4, 0.5) is 11.4 Å². The summed E-state index contributed by atoms with van der Waals surface area (Å²) in [6.45, 7) is 8.58. The molecule has 3 aromatic carbocycles. The predicted octanol–water partition coefficient (Wildman–Crippen LogP) is 6.73. The molecule has 0 spiro atoms. The van der Waals surface area contributed by atoms with E-state index >= 15 is 0 Å². The van der Waals surface area contributed by atoms with E-state index in [2.05, 4.69) is 20.8 Å². The second-order valence-corrected chi connectivity index (χ2v) is 10.9. The number of carbonyl (C=O) groups excluding carboxylic acids is 2. The number of Topliss-reactive ketones (excluding diaryl/α,β-unsaturated/α-hetero) is 1. The van der Waals surface area contributed by atoms with Gasteiger partial charge in [0.05, 0.1) is 23.2 Å². The lowest BCUT2D eigenvalue weighted by molar-refractivity contribution is -0.132. The van der Waals surface area contributed by atoms with Gasteiger partial charge in [0.25, 0.3) is 11.7 Å². The molecule has 0 aromatic heterocycles. The quantitative estimate of drug-likeness (QED) is 0.216. The number of halogens is 1. The summed E-state index contributed by atoms with van der Waals surface area (Å²) in [4.78, 5) is 30.4. The fraction of sp³-hybridized carbons (Fsp3) is 0.290. The molecule has 1 N–H and O–H groups in total. The van der Waals surface area contributed by atoms with E-state index in [9.17, 15) is 14.7 Å². The van der Waals surface area contributed by atoms with E-state index in [4.69, 9.17) is 16.3 Å². The Morgan fingerprint density at radius 1 is 1.00 bits per heavy atom. The van der Waals surface area contributed by atoms with Gasteiger partial charge in [-0.2, -0.15) is 0 Å². The third-order valence-corrected chi connectivity index (χ3v) is 7.00. The minimum Gasteiger partial charge on any atom is -0.507 e. The summed E-state index contributed by atoms with van der Waals surface area (Å²) in [6, 6.07) is 19.2. The van der Waals surface area contributed by atoms with E-state index in [1.54, 1.807) is 18.2 Å². The second-order valence-electron chi connectivity index (χ2n) is 10.5. The zero-order valence-corrected chi connectivity index (χ0v) is 23.3. The fourth-order valence-electron chi connectivity index (χ4n) is 4.56. The maximum atomic E-state index is 13.5. The van der Waals surface area contributed by atoms with Crippen molar-refractivity contribution in [2.24, 2.45) is 0 Å². The number of rotatable bonds is 6. The molecule has 1 aliphatic rings. The molecule has 6 nitrogen and oxygen atoms in total. The minimum absolute atomic E-state index is 0.0139. The highest BCUT2D eigenvalue weighted by Gasteiger charge is 2.47. The van der Waals surface area contributed by atoms with Crippen LogP contribution in [0.2, 0.25) is 5.02 Å². The normalized spacial score (nSPS) is 17.1. The second kappa shape index (κ2) is 10.5. The van der Waals surface area contributed by atoms with Gasteiger partial charge < -0.3 is 14.7 Å². The molecule has 4 rings (SSSR count). The maximum absolute atomic E-state index is 13.5. The third-order valence-electron chi connectivity index (χ3n) is 6.69. The molecule has 0 saturated carbocycles. The zero-order valence-electron chi connectivity index (χ0n) is 22.6. The van der Waals surface area contributed by atoms with Gasteiger partial charge in [-0.15, -0.1) is 0 Å². The summed E-state index contributed by atoms with van der Waals surface area (Å²) in [6.07, 6.45) is 0. The standard InChI is InChI=1S/C31H33ClN2O4/c1-7-38-25-18-20(10-17-24(25)32)28(35)26-27(19-8-11-21(12-9-19)31(2,3)4)34(30(37)29(26)36)23-15-13-22(14-16-23)33(5)6/h8-18,27,35H,7H2,1-6H3/b28-26-. The van der Waals surface area contributed by atoms with Crippen molar-refractivity contribution in [3.8, 4) is 5.75 Å². The monoisotopic (exact) mass is 532 g/mol. The smallest absolute Gasteiger partial charge is 0.300 e. The number of ketones is 1. The molecule has 7 heteroatoms. The zero-order chi connectivity index (χ0) is 27.8. The van der Waals surface area contributed by atoms with Crippen molar-refractivity contribution in [1.82, 2.24) is 0 Å². The minimum atomic E-state index is -0.819. The van der Waals surface area contributed by atoms with Gasteiger partial charge in [-0.05, 0) is 65.9 Å². The van der Waals surface area contributed by atoms with Gasteiger partial charge in [-0.25, -0.2) is 0 Å². The topological polar surface area (TPSA) is 70.1 Å². The van der Waals surface area contributed by atoms with Gasteiger partial charge in [-0.3, -0.25) is 14.5 Å². The van der Waals surface area contributed by atoms with Gasteiger partial charge in [0.15, 0.2) is 0 Å². The van der Waals surface area contributed by atoms with Crippen molar-refractivity contribution in [3.63, 3.8) is 0 Å². The summed E-state index contributed by atoms with van der Waals surface area (Å²) in [5.41, 5.74) is 3.65. The molecule has 0 radical (unpaired) electrons. The Morgan fingerprint density at radius 3 is 2.18 bits per heavy atom. The summed E-state index contributed by atoms with van der Waals surface area (Å²) in [5.74, 6) is -1.35. The Balaban J connectivity index is 1.91. The molecule has 3 aromatic rings. The first-order chi connectivity index (χ1) is 17.9. The molecule has 0 bridgehead atoms. The average molecular weight is 533 g/mol. The van der Waals surface area contributed by atoms with Crippen LogP contribution in [0.5, 0.6) is 5.75 Å². The van der Waals surface area contributed by atoms with Crippen molar-refractivity contribution in [3.05, 3.63) is 94.0 Å². The Morgan fingerprint density at radius 2 is 1.63 bits per heavy atom. The highest BCUT2D eigenvalue weighted by molar-refractivity contribution is 6.51. The average Bonchev–Trinajstić information content (AvgIpc) is 3.15. The van der Waals surface area contributed by atoms with E-state index in [0.29, 0.717) is 28.6 Å². The Hall–Kier alpha value is -3.77. The van der Waals surface area contributed by atoms with Crippen LogP contribution >= 0.6 is 11.6 Å². The first kappa shape index (κ1) is 27.3. The first-order valence-electron chi connectivity index (χ1n) is 12.6. The van der Waals surface area contributed by atoms with Crippen LogP contribution in [-0.2, 0) is 15.0 Å². The molecule has 1 saturated heterocycles. The summed E-state index contributed by atoms with van der Waals surface area (Å²) >= 11 is 6.25. The molecule has 198 valence electrons. The first-order valence-corrected chi connectivity index (χ1v) is 12.9. The van der Waals surface area contributed by atoms with E-state index in [1.807, 2.05) is 74.4 Å². The number of hydrogen-bond donors (Lipinski definition) is 1. The molecule has 38 heavy (non-hydrogen) atoms. The van der Waals surface area contributed by atoms with E-state index < -0.39 is 17.7 Å². The Bertz CT molecular complexity index is 1390. The van der Waals surface area contributed by atoms with Crippen LogP contribution < -0.4 is 14.5 Å². The number of carbonyl (C=O) groups is 2. The number of hydrogen-bond acceptors (Lipinski definition) is 5. The van der Waals surface area contributed by atoms with Gasteiger partial charge in [0.2, 0.25) is 0 Å². The lowest BCUT2D eigenvalue weighted by atomic mass is 9.85. The third kappa shape index (κ3) is 5.14. The fourth-order valence-corrected chi connectivity index (χ4v) is 4.74. The molecular formula is C31H33ClN2O4. The SMILES string of the molecule is CCOc1cc(/C(O)=C2/C(=O)C(=O)N(c3ccc(N(C)C)cc3)C2c2ccc(C(C)(C)C)cc2)ccc1Cl. The van der Waals surface area contributed by atoms with Crippen molar-refractivity contribution in [2.45, 2.75) is 39.2 Å². The number of benzene rings is 3. The Labute approximate surface area is 229 Å². The van der Waals surface area contributed by atoms with Crippen LogP contribution in [0.25, 0.3) is 5.76 Å². The molecule has 1 unspecified atom stereocenters. The van der Waals surface area contributed by atoms with Crippen molar-refractivity contribution < 1.29 is 19.4 Å². The predicted molar refractivity (Wildman–Crippen MR) is 153 cm³/mol. The number of anilines is 2. The number of nitrogens with zero attached hydrogens (tertiary/aromatic N) is 2. The highest BCUT2D eigenvalue weighted by Crippen LogP contribution is 2.43. The molecule has 1 fully saturated rings. The molecule has 0 aliphatic carbocycles. The van der Waals surface area contributed by atoms with E-state index in [-0.39, 0.29) is 16.7 Å². The highest BCUT2D eigenvalue weighted by atomic mass is 35.5. The lowest BCUT2D eigenvalue weighted by Crippen LogP contribution is -2.29. The molecule has 1 atom stereocenters. The maximum Gasteiger partial charge on any atom is 0.300 e. The van der Waals surface area contributed by atoms with Crippen molar-refractivity contribution in [1.29, 1.82) is 0 Å². The largest absolute Gasteiger partial charge is 0.507 e. The van der Waals surface area contributed by atoms with Crippen molar-refractivity contribution >= 4 is 40.4 Å². The number of aliphatic hydroxyl groups is 1. The van der Waals surface area contributed by atoms with Crippen LogP contribution in [0.3, 0.4) is 0 Å². The van der Waals surface area contributed by atoms with Crippen LogP contribution in [0, 0.1) is 0 Å². The lowest BCUT2D eigenvalue weighted by Gasteiger charge is -2.27. The van der Waals surface area contributed by atoms with Crippen LogP contribution in [0.15, 0.2) is 72.3 Å². The molecule has 1 amide bonds. The molecular weight excluding hydrogens is 500 g/mol. The summed E-state index contributed by atoms with van der Waals surface area (Å²) in [5, 5.41) is 11.9. The van der Waals surface area contributed by atoms with Crippen molar-refractivity contribution in [2.75, 3.05) is 30.5 Å². The Kier molecular flexibility index (Phi) is 7.56. The molecule has 1 heterocycles. The summed E-state index contributed by atoms with van der Waals surface area (Å²) < 4.78 is 5.58. The number of ether oxygens (including phenoxy) is 1. The van der Waals surface area contributed by atoms with Crippen LogP contribution in [0.1, 0.15) is 50.4 Å². The van der Waals surface area contributed by atoms with Gasteiger partial charge in [0, 0.05) is 31.0 Å². The molecule has 1 aliphatic heterocycles. The van der Waals surface area contributed by atoms with E-state index in [1.165, 1.54) is 4.90 Å².